The summed E-state index contributed by atoms with van der Waals surface area (Å²) in [5.41, 5.74) is 4.74. The van der Waals surface area contributed by atoms with Crippen molar-refractivity contribution >= 4 is 53.1 Å². The quantitative estimate of drug-likeness (QED) is 0.147. The average Bonchev–Trinajstić information content (AvgIpc) is 3.23. The fourth-order valence-electron chi connectivity index (χ4n) is 3.07. The van der Waals surface area contributed by atoms with Crippen LogP contribution in [0.1, 0.15) is 44.3 Å². The number of hydrogen-bond donors (Lipinski definition) is 4. The maximum atomic E-state index is 14.2. The van der Waals surface area contributed by atoms with Crippen LogP contribution in [0.4, 0.5) is 10.1 Å². The van der Waals surface area contributed by atoms with Crippen molar-refractivity contribution in [3.63, 3.8) is 0 Å². The Kier molecular flexibility index (Phi) is 8.72. The van der Waals surface area contributed by atoms with Gasteiger partial charge in [0.2, 0.25) is 5.91 Å². The third-order valence-corrected chi connectivity index (χ3v) is 6.01. The van der Waals surface area contributed by atoms with Crippen molar-refractivity contribution in [3.8, 4) is 5.75 Å². The van der Waals surface area contributed by atoms with Crippen LogP contribution in [-0.2, 0) is 11.2 Å². The van der Waals surface area contributed by atoms with E-state index in [0.29, 0.717) is 4.88 Å². The fourth-order valence-corrected chi connectivity index (χ4v) is 4.18. The normalized spacial score (nSPS) is 10.7. The molecule has 184 valence electrons. The monoisotopic (exact) mass is 519 g/mol. The molecule has 35 heavy (non-hydrogen) atoms. The van der Waals surface area contributed by atoms with E-state index < -0.39 is 23.2 Å². The van der Waals surface area contributed by atoms with Crippen LogP contribution in [0.5, 0.6) is 5.75 Å². The number of carboxylic acids is 1. The van der Waals surface area contributed by atoms with Crippen LogP contribution < -0.4 is 15.8 Å². The standard InChI is InChI=1S/C24H22FN3O5S.ClH/c1-24(2,23(32)28-17-6-4-3-5-15(17)21(29)30)12-14-8-10-19(34-14)22(31)33-18-9-7-13(20(26)27)11-16(18)25;/h3-11H,12H2,1-2H3,(H3,26,27)(H,28,32)(H,29,30);1H. The number of anilines is 1. The molecule has 0 saturated carbocycles. The van der Waals surface area contributed by atoms with Gasteiger partial charge in [0.25, 0.3) is 0 Å². The van der Waals surface area contributed by atoms with E-state index in [1.165, 1.54) is 30.3 Å². The lowest BCUT2D eigenvalue weighted by molar-refractivity contribution is -0.123. The summed E-state index contributed by atoms with van der Waals surface area (Å²) in [7, 11) is 0. The highest BCUT2D eigenvalue weighted by Crippen LogP contribution is 2.30. The summed E-state index contributed by atoms with van der Waals surface area (Å²) in [6, 6.07) is 12.9. The number of halogens is 2. The van der Waals surface area contributed by atoms with Crippen LogP contribution in [-0.4, -0.2) is 28.8 Å². The lowest BCUT2D eigenvalue weighted by Gasteiger charge is -2.23. The molecule has 0 fully saturated rings. The van der Waals surface area contributed by atoms with Gasteiger partial charge in [0.1, 0.15) is 10.7 Å². The summed E-state index contributed by atoms with van der Waals surface area (Å²) in [5.74, 6) is -3.71. The molecule has 1 heterocycles. The fraction of sp³-hybridized carbons (Fsp3) is 0.167. The SMILES string of the molecule is CC(C)(Cc1ccc(C(=O)Oc2ccc(C(=N)N)cc2F)s1)C(=O)Nc1ccccc1C(=O)O.Cl. The van der Waals surface area contributed by atoms with E-state index in [1.807, 2.05) is 0 Å². The van der Waals surface area contributed by atoms with E-state index >= 15 is 0 Å². The van der Waals surface area contributed by atoms with Gasteiger partial charge < -0.3 is 20.9 Å². The second-order valence-electron chi connectivity index (χ2n) is 8.08. The van der Waals surface area contributed by atoms with E-state index in [-0.39, 0.29) is 58.0 Å². The number of hydrogen-bond acceptors (Lipinski definition) is 6. The maximum Gasteiger partial charge on any atom is 0.353 e. The van der Waals surface area contributed by atoms with Crippen molar-refractivity contribution in [2.24, 2.45) is 11.1 Å². The summed E-state index contributed by atoms with van der Waals surface area (Å²) < 4.78 is 19.3. The Morgan fingerprint density at radius 2 is 1.83 bits per heavy atom. The van der Waals surface area contributed by atoms with Gasteiger partial charge in [0.05, 0.1) is 11.3 Å². The number of rotatable bonds is 8. The Labute approximate surface area is 210 Å². The van der Waals surface area contributed by atoms with E-state index in [0.717, 1.165) is 17.4 Å². The van der Waals surface area contributed by atoms with E-state index in [2.05, 4.69) is 5.32 Å². The number of para-hydroxylation sites is 1. The number of esters is 1. The van der Waals surface area contributed by atoms with Crippen molar-refractivity contribution < 1.29 is 28.6 Å². The average molecular weight is 520 g/mol. The first-order chi connectivity index (χ1) is 16.0. The lowest BCUT2D eigenvalue weighted by atomic mass is 9.87. The first-order valence-corrected chi connectivity index (χ1v) is 10.9. The summed E-state index contributed by atoms with van der Waals surface area (Å²) in [4.78, 5) is 37.6. The third kappa shape index (κ3) is 6.65. The van der Waals surface area contributed by atoms with Gasteiger partial charge in [-0.1, -0.05) is 26.0 Å². The molecule has 0 spiro atoms. The van der Waals surface area contributed by atoms with Gasteiger partial charge in [0, 0.05) is 15.9 Å². The molecule has 1 amide bonds. The zero-order valence-electron chi connectivity index (χ0n) is 18.8. The molecule has 2 aromatic carbocycles. The van der Waals surface area contributed by atoms with Crippen LogP contribution in [0.25, 0.3) is 0 Å². The van der Waals surface area contributed by atoms with Crippen LogP contribution in [0.15, 0.2) is 54.6 Å². The maximum absolute atomic E-state index is 14.2. The van der Waals surface area contributed by atoms with Crippen LogP contribution in [0.3, 0.4) is 0 Å². The van der Waals surface area contributed by atoms with Gasteiger partial charge in [-0.25, -0.2) is 14.0 Å². The van der Waals surface area contributed by atoms with Gasteiger partial charge in [-0.3, -0.25) is 10.2 Å². The molecular weight excluding hydrogens is 497 g/mol. The molecule has 0 aliphatic carbocycles. The zero-order chi connectivity index (χ0) is 25.0. The number of nitrogens with two attached hydrogens (primary N) is 1. The lowest BCUT2D eigenvalue weighted by Crippen LogP contribution is -2.33. The molecule has 8 nitrogen and oxygen atoms in total. The zero-order valence-corrected chi connectivity index (χ0v) is 20.4. The highest BCUT2D eigenvalue weighted by atomic mass is 35.5. The molecule has 3 rings (SSSR count). The molecule has 0 bridgehead atoms. The molecule has 0 radical (unpaired) electrons. The number of aromatic carboxylic acids is 1. The van der Waals surface area contributed by atoms with Gasteiger partial charge >= 0.3 is 11.9 Å². The molecule has 0 saturated heterocycles. The number of nitrogen functional groups attached to an aromatic ring is 1. The number of thiophene rings is 1. The van der Waals surface area contributed by atoms with Crippen molar-refractivity contribution in [2.45, 2.75) is 20.3 Å². The Balaban J connectivity index is 0.00000432. The third-order valence-electron chi connectivity index (χ3n) is 4.94. The molecule has 3 aromatic rings. The van der Waals surface area contributed by atoms with E-state index in [1.54, 1.807) is 32.0 Å². The van der Waals surface area contributed by atoms with Crippen molar-refractivity contribution in [1.29, 1.82) is 5.41 Å². The number of ether oxygens (including phenoxy) is 1. The first-order valence-electron chi connectivity index (χ1n) is 10.1. The second-order valence-corrected chi connectivity index (χ2v) is 9.25. The molecule has 0 aliphatic heterocycles. The molecule has 0 aliphatic rings. The van der Waals surface area contributed by atoms with Crippen LogP contribution in [0.2, 0.25) is 0 Å². The molecule has 0 atom stereocenters. The molecule has 11 heteroatoms. The van der Waals surface area contributed by atoms with Gasteiger partial charge in [0.15, 0.2) is 11.6 Å². The minimum Gasteiger partial charge on any atom is -0.478 e. The highest BCUT2D eigenvalue weighted by molar-refractivity contribution is 7.14. The Morgan fingerprint density at radius 1 is 1.14 bits per heavy atom. The first kappa shape index (κ1) is 27.5. The predicted octanol–water partition coefficient (Wildman–Crippen LogP) is 4.72. The summed E-state index contributed by atoms with van der Waals surface area (Å²) >= 11 is 1.11. The Bertz CT molecular complexity index is 1290. The molecule has 0 unspecified atom stereocenters. The summed E-state index contributed by atoms with van der Waals surface area (Å²) in [6.07, 6.45) is 0.272. The number of carbonyl (C=O) groups excluding carboxylic acids is 2. The van der Waals surface area contributed by atoms with E-state index in [9.17, 15) is 23.9 Å². The number of carboxylic acid groups (broad SMARTS) is 1. The predicted molar refractivity (Wildman–Crippen MR) is 133 cm³/mol. The van der Waals surface area contributed by atoms with E-state index in [4.69, 9.17) is 15.9 Å². The van der Waals surface area contributed by atoms with Crippen molar-refractivity contribution in [3.05, 3.63) is 81.3 Å². The minimum absolute atomic E-state index is 0. The number of carbonyl (C=O) groups is 3. The number of amides is 1. The highest BCUT2D eigenvalue weighted by Gasteiger charge is 2.30. The Hall–Kier alpha value is -3.76. The molecule has 1 aromatic heterocycles. The van der Waals surface area contributed by atoms with Gasteiger partial charge in [-0.15, -0.1) is 23.7 Å². The summed E-state index contributed by atoms with van der Waals surface area (Å²) in [6.45, 7) is 3.41. The van der Waals surface area contributed by atoms with Gasteiger partial charge in [-0.05, 0) is 48.9 Å². The van der Waals surface area contributed by atoms with Gasteiger partial charge in [-0.2, -0.15) is 0 Å². The number of nitrogens with one attached hydrogen (secondary N) is 2. The largest absolute Gasteiger partial charge is 0.478 e. The summed E-state index contributed by atoms with van der Waals surface area (Å²) in [5, 5.41) is 19.3. The number of benzene rings is 2. The number of amidine groups is 1. The van der Waals surface area contributed by atoms with Crippen molar-refractivity contribution in [2.75, 3.05) is 5.32 Å². The van der Waals surface area contributed by atoms with Crippen molar-refractivity contribution in [1.82, 2.24) is 0 Å². The topological polar surface area (TPSA) is 143 Å². The second kappa shape index (κ2) is 11.1. The Morgan fingerprint density at radius 3 is 2.46 bits per heavy atom. The minimum atomic E-state index is -1.15. The van der Waals surface area contributed by atoms with Crippen LogP contribution >= 0.6 is 23.7 Å². The molecular formula is C24H23ClFN3O5S. The van der Waals surface area contributed by atoms with Crippen LogP contribution in [0, 0.1) is 16.6 Å². The smallest absolute Gasteiger partial charge is 0.353 e. The molecule has 5 N–H and O–H groups in total.